The van der Waals surface area contributed by atoms with Crippen LogP contribution in [0.25, 0.3) is 0 Å². The molecule has 0 aromatic heterocycles. The minimum Gasteiger partial charge on any atom is -0.464 e. The Hall–Kier alpha value is 0.160. The SMILES string of the molecule is O=C1CCOCCC(I)CO1. The number of rotatable bonds is 0. The van der Waals surface area contributed by atoms with Gasteiger partial charge in [-0.3, -0.25) is 4.79 Å². The first-order valence-electron chi connectivity index (χ1n) is 3.66. The van der Waals surface area contributed by atoms with Gasteiger partial charge in [0.25, 0.3) is 0 Å². The lowest BCUT2D eigenvalue weighted by Gasteiger charge is -2.06. The van der Waals surface area contributed by atoms with Gasteiger partial charge in [-0.2, -0.15) is 0 Å². The van der Waals surface area contributed by atoms with Crippen molar-refractivity contribution in [1.29, 1.82) is 0 Å². The molecular weight excluding hydrogens is 259 g/mol. The third kappa shape index (κ3) is 3.91. The summed E-state index contributed by atoms with van der Waals surface area (Å²) in [5.41, 5.74) is 0. The summed E-state index contributed by atoms with van der Waals surface area (Å²) in [6, 6.07) is 0. The van der Waals surface area contributed by atoms with Gasteiger partial charge < -0.3 is 9.47 Å². The average molecular weight is 270 g/mol. The average Bonchev–Trinajstić information content (AvgIpc) is 2.06. The summed E-state index contributed by atoms with van der Waals surface area (Å²) < 4.78 is 10.5. The molecule has 0 amide bonds. The minimum absolute atomic E-state index is 0.145. The Labute approximate surface area is 79.6 Å². The smallest absolute Gasteiger partial charge is 0.308 e. The molecule has 1 rings (SSSR count). The van der Waals surface area contributed by atoms with Gasteiger partial charge in [0.05, 0.1) is 13.0 Å². The zero-order chi connectivity index (χ0) is 8.10. The molecule has 0 aliphatic carbocycles. The third-order valence-electron chi connectivity index (χ3n) is 1.45. The lowest BCUT2D eigenvalue weighted by molar-refractivity contribution is -0.144. The van der Waals surface area contributed by atoms with E-state index in [1.807, 2.05) is 0 Å². The van der Waals surface area contributed by atoms with Crippen molar-refractivity contribution in [1.82, 2.24) is 0 Å². The van der Waals surface area contributed by atoms with Crippen molar-refractivity contribution in [2.24, 2.45) is 0 Å². The molecule has 0 saturated carbocycles. The van der Waals surface area contributed by atoms with E-state index in [1.165, 1.54) is 0 Å². The van der Waals surface area contributed by atoms with Crippen LogP contribution in [0.2, 0.25) is 0 Å². The van der Waals surface area contributed by atoms with Crippen LogP contribution in [0.1, 0.15) is 12.8 Å². The zero-order valence-corrected chi connectivity index (χ0v) is 8.37. The first kappa shape index (κ1) is 9.25. The predicted molar refractivity (Wildman–Crippen MR) is 48.8 cm³/mol. The summed E-state index contributed by atoms with van der Waals surface area (Å²) >= 11 is 2.27. The maximum Gasteiger partial charge on any atom is 0.308 e. The number of hydrogen-bond acceptors (Lipinski definition) is 3. The van der Waals surface area contributed by atoms with Crippen LogP contribution in [-0.4, -0.2) is 29.7 Å². The maximum absolute atomic E-state index is 10.8. The molecule has 0 N–H and O–H groups in total. The molecule has 0 radical (unpaired) electrons. The van der Waals surface area contributed by atoms with Crippen molar-refractivity contribution >= 4 is 28.6 Å². The largest absolute Gasteiger partial charge is 0.464 e. The number of hydrogen-bond donors (Lipinski definition) is 0. The molecule has 0 bridgehead atoms. The summed E-state index contributed by atoms with van der Waals surface area (Å²) in [7, 11) is 0. The Morgan fingerprint density at radius 3 is 3.09 bits per heavy atom. The Bertz CT molecular complexity index is 138. The van der Waals surface area contributed by atoms with Gasteiger partial charge in [-0.05, 0) is 6.42 Å². The lowest BCUT2D eigenvalue weighted by Crippen LogP contribution is -2.12. The fourth-order valence-electron chi connectivity index (χ4n) is 0.808. The summed E-state index contributed by atoms with van der Waals surface area (Å²) in [4.78, 5) is 10.8. The number of alkyl halides is 1. The molecule has 3 nitrogen and oxygen atoms in total. The van der Waals surface area contributed by atoms with Gasteiger partial charge in [-0.1, -0.05) is 22.6 Å². The highest BCUT2D eigenvalue weighted by Crippen LogP contribution is 2.09. The molecule has 1 aliphatic heterocycles. The third-order valence-corrected chi connectivity index (χ3v) is 2.43. The van der Waals surface area contributed by atoms with E-state index in [2.05, 4.69) is 22.6 Å². The molecule has 1 fully saturated rings. The number of ether oxygens (including phenoxy) is 2. The summed E-state index contributed by atoms with van der Waals surface area (Å²) in [6.07, 6.45) is 1.36. The number of halogens is 1. The molecule has 0 aromatic carbocycles. The second-order valence-electron chi connectivity index (χ2n) is 2.43. The van der Waals surface area contributed by atoms with Crippen molar-refractivity contribution in [3.8, 4) is 0 Å². The molecule has 64 valence electrons. The van der Waals surface area contributed by atoms with Crippen LogP contribution >= 0.6 is 22.6 Å². The minimum atomic E-state index is -0.145. The van der Waals surface area contributed by atoms with Gasteiger partial charge in [-0.15, -0.1) is 0 Å². The van der Waals surface area contributed by atoms with Crippen molar-refractivity contribution in [2.75, 3.05) is 19.8 Å². The molecular formula is C7H11IO3. The predicted octanol–water partition coefficient (Wildman–Crippen LogP) is 1.14. The molecule has 11 heavy (non-hydrogen) atoms. The molecule has 1 atom stereocenters. The van der Waals surface area contributed by atoms with E-state index in [9.17, 15) is 4.79 Å². The van der Waals surface area contributed by atoms with Crippen molar-refractivity contribution < 1.29 is 14.3 Å². The van der Waals surface area contributed by atoms with Crippen molar-refractivity contribution in [3.05, 3.63) is 0 Å². The van der Waals surface area contributed by atoms with Gasteiger partial charge in [0.1, 0.15) is 6.61 Å². The summed E-state index contributed by atoms with van der Waals surface area (Å²) in [5.74, 6) is -0.145. The number of cyclic esters (lactones) is 1. The van der Waals surface area contributed by atoms with E-state index in [-0.39, 0.29) is 5.97 Å². The highest BCUT2D eigenvalue weighted by atomic mass is 127. The Kier molecular flexibility index (Phi) is 4.14. The van der Waals surface area contributed by atoms with E-state index in [0.717, 1.165) is 13.0 Å². The topological polar surface area (TPSA) is 35.5 Å². The van der Waals surface area contributed by atoms with Crippen LogP contribution in [0.15, 0.2) is 0 Å². The monoisotopic (exact) mass is 270 g/mol. The van der Waals surface area contributed by atoms with Crippen molar-refractivity contribution in [2.45, 2.75) is 16.8 Å². The van der Waals surface area contributed by atoms with E-state index in [1.54, 1.807) is 0 Å². The van der Waals surface area contributed by atoms with Gasteiger partial charge in [0.2, 0.25) is 0 Å². The molecule has 1 heterocycles. The first-order valence-corrected chi connectivity index (χ1v) is 4.91. The molecule has 0 spiro atoms. The van der Waals surface area contributed by atoms with Crippen LogP contribution in [0.4, 0.5) is 0 Å². The quantitative estimate of drug-likeness (QED) is 0.376. The maximum atomic E-state index is 10.8. The standard InChI is InChI=1S/C7H11IO3/c8-6-1-3-10-4-2-7(9)11-5-6/h6H,1-5H2. The van der Waals surface area contributed by atoms with Gasteiger partial charge in [-0.25, -0.2) is 0 Å². The zero-order valence-electron chi connectivity index (χ0n) is 6.22. The van der Waals surface area contributed by atoms with Gasteiger partial charge in [0, 0.05) is 10.5 Å². The van der Waals surface area contributed by atoms with Crippen LogP contribution in [-0.2, 0) is 14.3 Å². The highest BCUT2D eigenvalue weighted by Gasteiger charge is 2.11. The second-order valence-corrected chi connectivity index (χ2v) is 4.19. The van der Waals surface area contributed by atoms with Crippen LogP contribution < -0.4 is 0 Å². The molecule has 1 unspecified atom stereocenters. The Morgan fingerprint density at radius 1 is 1.45 bits per heavy atom. The van der Waals surface area contributed by atoms with Gasteiger partial charge in [0.15, 0.2) is 0 Å². The first-order chi connectivity index (χ1) is 5.29. The van der Waals surface area contributed by atoms with Crippen LogP contribution in [0.5, 0.6) is 0 Å². The fraction of sp³-hybridized carbons (Fsp3) is 0.857. The fourth-order valence-corrected chi connectivity index (χ4v) is 1.24. The molecule has 4 heteroatoms. The van der Waals surface area contributed by atoms with Gasteiger partial charge >= 0.3 is 5.97 Å². The Balaban J connectivity index is 2.31. The lowest BCUT2D eigenvalue weighted by atomic mass is 10.3. The molecule has 0 aromatic rings. The van der Waals surface area contributed by atoms with Crippen LogP contribution in [0, 0.1) is 0 Å². The highest BCUT2D eigenvalue weighted by molar-refractivity contribution is 14.1. The number of carbonyl (C=O) groups is 1. The van der Waals surface area contributed by atoms with Crippen LogP contribution in [0.3, 0.4) is 0 Å². The van der Waals surface area contributed by atoms with E-state index in [4.69, 9.17) is 9.47 Å². The molecule has 1 saturated heterocycles. The Morgan fingerprint density at radius 2 is 2.27 bits per heavy atom. The number of carbonyl (C=O) groups excluding carboxylic acids is 1. The van der Waals surface area contributed by atoms with Crippen molar-refractivity contribution in [3.63, 3.8) is 0 Å². The summed E-state index contributed by atoms with van der Waals surface area (Å²) in [6.45, 7) is 1.77. The van der Waals surface area contributed by atoms with E-state index in [0.29, 0.717) is 23.6 Å². The van der Waals surface area contributed by atoms with E-state index >= 15 is 0 Å². The van der Waals surface area contributed by atoms with E-state index < -0.39 is 0 Å². The summed E-state index contributed by atoms with van der Waals surface area (Å²) in [5, 5.41) is 0. The second kappa shape index (κ2) is 4.92. The number of esters is 1. The normalized spacial score (nSPS) is 28.1. The molecule has 1 aliphatic rings.